The van der Waals surface area contributed by atoms with Gasteiger partial charge in [0.05, 0.1) is 25.9 Å². The number of ketones is 1. The van der Waals surface area contributed by atoms with Crippen LogP contribution in [-0.2, 0) is 16.1 Å². The van der Waals surface area contributed by atoms with Gasteiger partial charge in [-0.15, -0.1) is 0 Å². The second-order valence-electron chi connectivity index (χ2n) is 7.12. The Balaban J connectivity index is 2.66. The summed E-state index contributed by atoms with van der Waals surface area (Å²) < 4.78 is 11.2. The predicted octanol–water partition coefficient (Wildman–Crippen LogP) is 3.85. The molecule has 0 aliphatic rings. The van der Waals surface area contributed by atoms with Gasteiger partial charge < -0.3 is 14.6 Å². The Bertz CT molecular complexity index is 493. The highest BCUT2D eigenvalue weighted by Crippen LogP contribution is 2.24. The zero-order valence-corrected chi connectivity index (χ0v) is 15.8. The second kappa shape index (κ2) is 9.80. The third kappa shape index (κ3) is 6.25. The van der Waals surface area contributed by atoms with Crippen molar-refractivity contribution >= 4 is 5.78 Å². The molecule has 0 heterocycles. The van der Waals surface area contributed by atoms with Gasteiger partial charge in [0.25, 0.3) is 0 Å². The van der Waals surface area contributed by atoms with Gasteiger partial charge >= 0.3 is 0 Å². The Kier molecular flexibility index (Phi) is 8.43. The van der Waals surface area contributed by atoms with Gasteiger partial charge in [0, 0.05) is 18.3 Å². The first-order chi connectivity index (χ1) is 11.3. The van der Waals surface area contributed by atoms with Crippen LogP contribution in [0.4, 0.5) is 0 Å². The first-order valence-electron chi connectivity index (χ1n) is 8.71. The highest BCUT2D eigenvalue weighted by molar-refractivity contribution is 5.80. The van der Waals surface area contributed by atoms with Crippen LogP contribution >= 0.6 is 0 Å². The molecule has 1 N–H and O–H groups in total. The maximum atomic E-state index is 11.9. The van der Waals surface area contributed by atoms with Gasteiger partial charge in [-0.2, -0.15) is 0 Å². The minimum absolute atomic E-state index is 0.0513. The molecule has 0 unspecified atom stereocenters. The van der Waals surface area contributed by atoms with Gasteiger partial charge in [0.2, 0.25) is 0 Å². The van der Waals surface area contributed by atoms with Gasteiger partial charge in [-0.1, -0.05) is 46.8 Å². The maximum absolute atomic E-state index is 11.9. The van der Waals surface area contributed by atoms with E-state index in [1.54, 1.807) is 7.11 Å². The molecule has 4 nitrogen and oxygen atoms in total. The first-order valence-corrected chi connectivity index (χ1v) is 8.71. The molecule has 0 spiro atoms. The molecule has 24 heavy (non-hydrogen) atoms. The van der Waals surface area contributed by atoms with Crippen molar-refractivity contribution in [2.45, 2.75) is 59.9 Å². The third-order valence-electron chi connectivity index (χ3n) is 4.44. The number of aliphatic hydroxyl groups is 1. The molecule has 0 aliphatic carbocycles. The van der Waals surface area contributed by atoms with Crippen molar-refractivity contribution in [2.75, 3.05) is 7.11 Å². The molecule has 0 aliphatic heterocycles. The van der Waals surface area contributed by atoms with E-state index < -0.39 is 6.10 Å². The largest absolute Gasteiger partial charge is 0.497 e. The maximum Gasteiger partial charge on any atom is 0.138 e. The summed E-state index contributed by atoms with van der Waals surface area (Å²) in [5.74, 6) is 1.000. The number of aliphatic hydroxyl groups excluding tert-OH is 1. The number of carbonyl (C=O) groups is 1. The molecule has 0 amide bonds. The van der Waals surface area contributed by atoms with Gasteiger partial charge in [0.15, 0.2) is 0 Å². The smallest absolute Gasteiger partial charge is 0.138 e. The Labute approximate surface area is 146 Å². The monoisotopic (exact) mass is 336 g/mol. The van der Waals surface area contributed by atoms with Crippen LogP contribution in [-0.4, -0.2) is 30.2 Å². The Hall–Kier alpha value is -1.39. The molecule has 0 saturated heterocycles. The number of hydrogen-bond acceptors (Lipinski definition) is 4. The summed E-state index contributed by atoms with van der Waals surface area (Å²) in [4.78, 5) is 11.9. The third-order valence-corrected chi connectivity index (χ3v) is 4.44. The lowest BCUT2D eigenvalue weighted by atomic mass is 9.86. The summed E-state index contributed by atoms with van der Waals surface area (Å²) in [6.07, 6.45) is -0.598. The number of methoxy groups -OCH3 is 1. The lowest BCUT2D eigenvalue weighted by Crippen LogP contribution is -2.37. The van der Waals surface area contributed by atoms with E-state index in [1.807, 2.05) is 45.0 Å². The van der Waals surface area contributed by atoms with Crippen LogP contribution in [0.2, 0.25) is 0 Å². The van der Waals surface area contributed by atoms with E-state index in [0.29, 0.717) is 6.61 Å². The highest BCUT2D eigenvalue weighted by Gasteiger charge is 2.29. The number of hydrogen-bond donors (Lipinski definition) is 1. The standard InChI is InChI=1S/C20H32O4/c1-13(2)18(21)11-19(22)15(5)20(14(3)4)24-12-16-7-9-17(23-6)10-8-16/h7-10,13-15,19-20,22H,11-12H2,1-6H3/t15-,19-,20+/m0/s1. The van der Waals surface area contributed by atoms with Gasteiger partial charge in [0.1, 0.15) is 11.5 Å². The molecule has 3 atom stereocenters. The summed E-state index contributed by atoms with van der Waals surface area (Å²) >= 11 is 0. The van der Waals surface area contributed by atoms with E-state index in [0.717, 1.165) is 11.3 Å². The molecule has 0 saturated carbocycles. The van der Waals surface area contributed by atoms with Crippen LogP contribution in [0.3, 0.4) is 0 Å². The number of ether oxygens (including phenoxy) is 2. The molecule has 0 fully saturated rings. The normalized spacial score (nSPS) is 15.4. The molecular weight excluding hydrogens is 304 g/mol. The van der Waals surface area contributed by atoms with E-state index in [9.17, 15) is 9.90 Å². The topological polar surface area (TPSA) is 55.8 Å². The number of benzene rings is 1. The van der Waals surface area contributed by atoms with Gasteiger partial charge in [-0.25, -0.2) is 0 Å². The minimum atomic E-state index is -0.678. The first kappa shape index (κ1) is 20.7. The SMILES string of the molecule is COc1ccc(CO[C@H](C(C)C)[C@@H](C)[C@@H](O)CC(=O)C(C)C)cc1. The van der Waals surface area contributed by atoms with Crippen LogP contribution in [0.1, 0.15) is 46.6 Å². The van der Waals surface area contributed by atoms with Crippen molar-refractivity contribution in [1.82, 2.24) is 0 Å². The summed E-state index contributed by atoms with van der Waals surface area (Å²) in [6, 6.07) is 7.75. The molecule has 136 valence electrons. The number of Topliss-reactive ketones (excluding diaryl/α,β-unsaturated/α-hetero) is 1. The number of carbonyl (C=O) groups excluding carboxylic acids is 1. The highest BCUT2D eigenvalue weighted by atomic mass is 16.5. The van der Waals surface area contributed by atoms with E-state index in [2.05, 4.69) is 13.8 Å². The zero-order valence-electron chi connectivity index (χ0n) is 15.8. The average Bonchev–Trinajstić information content (AvgIpc) is 2.54. The number of rotatable bonds is 10. The Morgan fingerprint density at radius 1 is 1.08 bits per heavy atom. The van der Waals surface area contributed by atoms with Crippen molar-refractivity contribution < 1.29 is 19.4 Å². The van der Waals surface area contributed by atoms with E-state index >= 15 is 0 Å². The summed E-state index contributed by atoms with van der Waals surface area (Å²) in [5, 5.41) is 10.4. The van der Waals surface area contributed by atoms with Crippen molar-refractivity contribution in [2.24, 2.45) is 17.8 Å². The molecule has 1 rings (SSSR count). The van der Waals surface area contributed by atoms with Crippen LogP contribution in [0.5, 0.6) is 5.75 Å². The van der Waals surface area contributed by atoms with Crippen LogP contribution in [0.25, 0.3) is 0 Å². The predicted molar refractivity (Wildman–Crippen MR) is 96.0 cm³/mol. The zero-order chi connectivity index (χ0) is 18.3. The lowest BCUT2D eigenvalue weighted by molar-refractivity contribution is -0.126. The fourth-order valence-corrected chi connectivity index (χ4v) is 2.71. The molecule has 0 radical (unpaired) electrons. The molecular formula is C20H32O4. The minimum Gasteiger partial charge on any atom is -0.497 e. The fraction of sp³-hybridized carbons (Fsp3) is 0.650. The summed E-state index contributed by atoms with van der Waals surface area (Å²) in [5.41, 5.74) is 1.06. The Morgan fingerprint density at radius 3 is 2.12 bits per heavy atom. The van der Waals surface area contributed by atoms with Gasteiger partial charge in [-0.05, 0) is 23.6 Å². The summed E-state index contributed by atoms with van der Waals surface area (Å²) in [6.45, 7) is 10.3. The van der Waals surface area contributed by atoms with Crippen molar-refractivity contribution in [3.8, 4) is 5.75 Å². The van der Waals surface area contributed by atoms with Crippen LogP contribution < -0.4 is 4.74 Å². The average molecular weight is 336 g/mol. The summed E-state index contributed by atoms with van der Waals surface area (Å²) in [7, 11) is 1.64. The molecule has 4 heteroatoms. The molecule has 1 aromatic rings. The molecule has 0 bridgehead atoms. The van der Waals surface area contributed by atoms with Crippen LogP contribution in [0.15, 0.2) is 24.3 Å². The second-order valence-corrected chi connectivity index (χ2v) is 7.12. The van der Waals surface area contributed by atoms with Crippen molar-refractivity contribution in [3.05, 3.63) is 29.8 Å². The van der Waals surface area contributed by atoms with Crippen LogP contribution in [0, 0.1) is 17.8 Å². The lowest BCUT2D eigenvalue weighted by Gasteiger charge is -2.31. The van der Waals surface area contributed by atoms with E-state index in [-0.39, 0.29) is 36.1 Å². The van der Waals surface area contributed by atoms with E-state index in [4.69, 9.17) is 9.47 Å². The van der Waals surface area contributed by atoms with E-state index in [1.165, 1.54) is 0 Å². The van der Waals surface area contributed by atoms with Crippen molar-refractivity contribution in [3.63, 3.8) is 0 Å². The Morgan fingerprint density at radius 2 is 1.67 bits per heavy atom. The fourth-order valence-electron chi connectivity index (χ4n) is 2.71. The van der Waals surface area contributed by atoms with Gasteiger partial charge in [-0.3, -0.25) is 4.79 Å². The van der Waals surface area contributed by atoms with Crippen molar-refractivity contribution in [1.29, 1.82) is 0 Å². The quantitative estimate of drug-likeness (QED) is 0.705. The molecule has 0 aromatic heterocycles. The molecule has 1 aromatic carbocycles.